The molecule has 3 rings (SSSR count). The number of Topliss-reactive ketones (excluding diaryl/α,β-unsaturated/α-hetero) is 1. The van der Waals surface area contributed by atoms with E-state index in [4.69, 9.17) is 11.6 Å². The van der Waals surface area contributed by atoms with Gasteiger partial charge < -0.3 is 21.3 Å². The van der Waals surface area contributed by atoms with E-state index in [2.05, 4.69) is 21.3 Å². The fourth-order valence-corrected chi connectivity index (χ4v) is 3.91. The summed E-state index contributed by atoms with van der Waals surface area (Å²) >= 11 is 5.98. The smallest absolute Gasteiger partial charge is 0.356 e. The number of halogens is 4. The van der Waals surface area contributed by atoms with E-state index in [1.165, 1.54) is 18.2 Å². The summed E-state index contributed by atoms with van der Waals surface area (Å²) < 4.78 is 37.3. The van der Waals surface area contributed by atoms with Gasteiger partial charge in [0.15, 0.2) is 0 Å². The van der Waals surface area contributed by atoms with Gasteiger partial charge in [-0.15, -0.1) is 0 Å². The maximum atomic E-state index is 13.1. The number of carbonyl (C=O) groups is 5. The molecule has 36 heavy (non-hydrogen) atoms. The van der Waals surface area contributed by atoms with Gasteiger partial charge in [-0.2, -0.15) is 13.2 Å². The second-order valence-electron chi connectivity index (χ2n) is 8.86. The fraction of sp³-hybridized carbons (Fsp3) is 0.522. The molecule has 1 heterocycles. The summed E-state index contributed by atoms with van der Waals surface area (Å²) in [6.07, 6.45) is -4.24. The van der Waals surface area contributed by atoms with Crippen molar-refractivity contribution < 1.29 is 37.1 Å². The van der Waals surface area contributed by atoms with Crippen LogP contribution in [0.15, 0.2) is 18.2 Å². The fourth-order valence-electron chi connectivity index (χ4n) is 3.74. The van der Waals surface area contributed by atoms with Crippen LogP contribution in [0.2, 0.25) is 5.02 Å². The van der Waals surface area contributed by atoms with Crippen molar-refractivity contribution in [3.8, 4) is 0 Å². The summed E-state index contributed by atoms with van der Waals surface area (Å²) in [5, 5.41) is 10.0. The Morgan fingerprint density at radius 3 is 2.50 bits per heavy atom. The highest BCUT2D eigenvalue weighted by atomic mass is 35.5. The Hall–Kier alpha value is -3.15. The summed E-state index contributed by atoms with van der Waals surface area (Å²) in [5.74, 6) is -4.58. The molecule has 9 nitrogen and oxygen atoms in total. The van der Waals surface area contributed by atoms with Crippen LogP contribution in [0.25, 0.3) is 0 Å². The van der Waals surface area contributed by atoms with Crippen molar-refractivity contribution in [2.75, 3.05) is 11.9 Å². The van der Waals surface area contributed by atoms with Gasteiger partial charge in [0.05, 0.1) is 23.7 Å². The summed E-state index contributed by atoms with van der Waals surface area (Å²) in [5.41, 5.74) is -0.329. The number of amides is 4. The minimum absolute atomic E-state index is 0.0921. The number of nitrogens with one attached hydrogen (secondary N) is 4. The number of anilines is 1. The Labute approximate surface area is 209 Å². The third kappa shape index (κ3) is 8.21. The molecule has 1 aliphatic heterocycles. The van der Waals surface area contributed by atoms with Crippen molar-refractivity contribution in [3.63, 3.8) is 0 Å². The van der Waals surface area contributed by atoms with Gasteiger partial charge in [-0.05, 0) is 50.3 Å². The maximum Gasteiger partial charge on any atom is 0.389 e. The molecule has 4 N–H and O–H groups in total. The van der Waals surface area contributed by atoms with Crippen molar-refractivity contribution in [3.05, 3.63) is 28.8 Å². The average molecular weight is 531 g/mol. The summed E-state index contributed by atoms with van der Waals surface area (Å²) in [7, 11) is 0. The van der Waals surface area contributed by atoms with Gasteiger partial charge in [-0.25, -0.2) is 0 Å². The van der Waals surface area contributed by atoms with Gasteiger partial charge >= 0.3 is 6.18 Å². The second kappa shape index (κ2) is 11.7. The molecule has 0 spiro atoms. The third-order valence-corrected chi connectivity index (χ3v) is 6.05. The first-order valence-electron chi connectivity index (χ1n) is 11.5. The predicted molar refractivity (Wildman–Crippen MR) is 123 cm³/mol. The van der Waals surface area contributed by atoms with E-state index in [-0.39, 0.29) is 34.6 Å². The summed E-state index contributed by atoms with van der Waals surface area (Å²) in [6, 6.07) is 2.29. The highest BCUT2D eigenvalue weighted by Gasteiger charge is 2.36. The average Bonchev–Trinajstić information content (AvgIpc) is 3.62. The number of ketones is 1. The van der Waals surface area contributed by atoms with E-state index in [1.807, 2.05) is 0 Å². The van der Waals surface area contributed by atoms with Crippen LogP contribution < -0.4 is 21.3 Å². The van der Waals surface area contributed by atoms with E-state index in [1.54, 1.807) is 0 Å². The number of benzene rings is 1. The molecule has 2 aliphatic rings. The van der Waals surface area contributed by atoms with Gasteiger partial charge in [-0.3, -0.25) is 24.0 Å². The molecular formula is C23H26ClF3N4O5. The molecule has 1 saturated heterocycles. The Balaban J connectivity index is 1.77. The van der Waals surface area contributed by atoms with Crippen LogP contribution >= 0.6 is 11.6 Å². The number of piperidine rings is 1. The molecule has 2 fully saturated rings. The molecule has 0 unspecified atom stereocenters. The number of alkyl halides is 3. The van der Waals surface area contributed by atoms with Crippen molar-refractivity contribution in [1.29, 1.82) is 0 Å². The molecule has 2 atom stereocenters. The van der Waals surface area contributed by atoms with Crippen LogP contribution in [0.3, 0.4) is 0 Å². The minimum atomic E-state index is -4.53. The molecule has 1 aromatic rings. The van der Waals surface area contributed by atoms with Crippen LogP contribution in [-0.2, 0) is 19.2 Å². The summed E-state index contributed by atoms with van der Waals surface area (Å²) in [4.78, 5) is 62.7. The third-order valence-electron chi connectivity index (χ3n) is 5.81. The van der Waals surface area contributed by atoms with E-state index >= 15 is 0 Å². The molecule has 196 valence electrons. The highest BCUT2D eigenvalue weighted by Crippen LogP contribution is 2.25. The molecule has 1 aromatic carbocycles. The zero-order valence-corrected chi connectivity index (χ0v) is 19.9. The van der Waals surface area contributed by atoms with Crippen molar-refractivity contribution in [2.45, 2.75) is 63.2 Å². The highest BCUT2D eigenvalue weighted by molar-refractivity contribution is 6.38. The summed E-state index contributed by atoms with van der Waals surface area (Å²) in [6.45, 7) is 0.488. The van der Waals surface area contributed by atoms with E-state index in [0.717, 1.165) is 12.8 Å². The largest absolute Gasteiger partial charge is 0.389 e. The normalized spacial score (nSPS) is 18.6. The van der Waals surface area contributed by atoms with Gasteiger partial charge in [0.1, 0.15) is 0 Å². The molecule has 1 saturated carbocycles. The number of rotatable bonds is 10. The lowest BCUT2D eigenvalue weighted by molar-refractivity contribution is -0.142. The standard InChI is InChI=1S/C23H26ClF3N4O5/c24-13-3-6-16(30-18(32)7-8-23(25,26)27)15(11-13)21(35)31-17(10-12-2-1-9-28-20(12)34)19(33)22(36)29-14-4-5-14/h3,6,11-12,14,17H,1-2,4-5,7-10H2,(H,28,34)(H,29,36)(H,30,32)(H,31,35)/t12-,17-/m0/s1. The van der Waals surface area contributed by atoms with E-state index in [9.17, 15) is 37.1 Å². The predicted octanol–water partition coefficient (Wildman–Crippen LogP) is 2.48. The maximum absolute atomic E-state index is 13.1. The molecule has 4 amide bonds. The second-order valence-corrected chi connectivity index (χ2v) is 9.29. The quantitative estimate of drug-likeness (QED) is 0.345. The number of carbonyl (C=O) groups excluding carboxylic acids is 5. The molecule has 0 aromatic heterocycles. The molecule has 13 heteroatoms. The Bertz CT molecular complexity index is 1050. The number of hydrogen-bond donors (Lipinski definition) is 4. The Morgan fingerprint density at radius 2 is 1.86 bits per heavy atom. The topological polar surface area (TPSA) is 133 Å². The Morgan fingerprint density at radius 1 is 1.14 bits per heavy atom. The first kappa shape index (κ1) is 27.4. The zero-order valence-electron chi connectivity index (χ0n) is 19.2. The van der Waals surface area contributed by atoms with E-state index < -0.39 is 54.5 Å². The Kier molecular flexibility index (Phi) is 8.93. The zero-order chi connectivity index (χ0) is 26.5. The molecule has 0 bridgehead atoms. The van der Waals surface area contributed by atoms with Crippen LogP contribution in [0.4, 0.5) is 18.9 Å². The van der Waals surface area contributed by atoms with Crippen LogP contribution in [0.5, 0.6) is 0 Å². The van der Waals surface area contributed by atoms with Gasteiger partial charge in [0.2, 0.25) is 17.6 Å². The van der Waals surface area contributed by atoms with Gasteiger partial charge in [0.25, 0.3) is 11.8 Å². The van der Waals surface area contributed by atoms with Gasteiger partial charge in [-0.1, -0.05) is 11.6 Å². The SMILES string of the molecule is O=C(CCC(F)(F)F)Nc1ccc(Cl)cc1C(=O)N[C@@H](C[C@@H]1CCCNC1=O)C(=O)C(=O)NC1CC1. The molecule has 0 radical (unpaired) electrons. The minimum Gasteiger partial charge on any atom is -0.356 e. The first-order valence-corrected chi connectivity index (χ1v) is 11.9. The monoisotopic (exact) mass is 530 g/mol. The van der Waals surface area contributed by atoms with E-state index in [0.29, 0.717) is 19.4 Å². The van der Waals surface area contributed by atoms with Crippen LogP contribution in [0.1, 0.15) is 55.3 Å². The van der Waals surface area contributed by atoms with Crippen molar-refractivity contribution >= 4 is 46.7 Å². The van der Waals surface area contributed by atoms with Gasteiger partial charge in [0, 0.05) is 29.9 Å². The van der Waals surface area contributed by atoms with Crippen LogP contribution in [0, 0.1) is 5.92 Å². The van der Waals surface area contributed by atoms with Crippen molar-refractivity contribution in [1.82, 2.24) is 16.0 Å². The van der Waals surface area contributed by atoms with Crippen LogP contribution in [-0.4, -0.2) is 54.2 Å². The van der Waals surface area contributed by atoms with Crippen molar-refractivity contribution in [2.24, 2.45) is 5.92 Å². The molecular weight excluding hydrogens is 505 g/mol. The lowest BCUT2D eigenvalue weighted by atomic mass is 9.89. The first-order chi connectivity index (χ1) is 16.9. The lowest BCUT2D eigenvalue weighted by Crippen LogP contribution is -2.50. The lowest BCUT2D eigenvalue weighted by Gasteiger charge is -2.26. The molecule has 1 aliphatic carbocycles. The number of hydrogen-bond acceptors (Lipinski definition) is 5.